The van der Waals surface area contributed by atoms with Gasteiger partial charge in [-0.25, -0.2) is 0 Å². The molecule has 0 heterocycles. The van der Waals surface area contributed by atoms with Gasteiger partial charge in [-0.1, -0.05) is 95.9 Å². The fourth-order valence-corrected chi connectivity index (χ4v) is 9.89. The maximum atomic E-state index is 12.7. The van der Waals surface area contributed by atoms with Crippen LogP contribution in [0.4, 0.5) is 0 Å². The third-order valence-electron chi connectivity index (χ3n) is 12.0. The van der Waals surface area contributed by atoms with E-state index < -0.39 is 0 Å². The number of carbonyl (C=O) groups is 1. The fraction of sp³-hybridized carbons (Fsp3) is 0.750. The number of hydrogen-bond acceptors (Lipinski definition) is 2. The third-order valence-corrected chi connectivity index (χ3v) is 12.0. The van der Waals surface area contributed by atoms with Crippen LogP contribution in [0.2, 0.25) is 0 Å². The Balaban J connectivity index is 1.19. The first-order valence-corrected chi connectivity index (χ1v) is 16.1. The van der Waals surface area contributed by atoms with Gasteiger partial charge in [0.2, 0.25) is 0 Å². The summed E-state index contributed by atoms with van der Waals surface area (Å²) in [5, 5.41) is 0. The molecule has 2 nitrogen and oxygen atoms in total. The molecule has 0 N–H and O–H groups in total. The van der Waals surface area contributed by atoms with E-state index in [9.17, 15) is 4.79 Å². The Kier molecular flexibility index (Phi) is 8.47. The Hall–Kier alpha value is -1.57. The summed E-state index contributed by atoms with van der Waals surface area (Å²) in [5.74, 6) is 5.20. The van der Waals surface area contributed by atoms with Crippen LogP contribution in [0.5, 0.6) is 0 Å². The predicted molar refractivity (Wildman–Crippen MR) is 158 cm³/mol. The van der Waals surface area contributed by atoms with Gasteiger partial charge >= 0.3 is 5.97 Å². The minimum atomic E-state index is -0.0234. The molecule has 0 saturated heterocycles. The van der Waals surface area contributed by atoms with Crippen LogP contribution >= 0.6 is 0 Å². The van der Waals surface area contributed by atoms with Crippen LogP contribution in [-0.4, -0.2) is 12.1 Å². The maximum absolute atomic E-state index is 12.7. The van der Waals surface area contributed by atoms with Crippen molar-refractivity contribution in [2.45, 2.75) is 124 Å². The van der Waals surface area contributed by atoms with Gasteiger partial charge in [0.1, 0.15) is 6.10 Å². The van der Waals surface area contributed by atoms with Crippen molar-refractivity contribution in [1.29, 1.82) is 0 Å². The van der Waals surface area contributed by atoms with Crippen LogP contribution in [0.25, 0.3) is 0 Å². The molecule has 0 aliphatic heterocycles. The molecule has 5 rings (SSSR count). The molecule has 2 heteroatoms. The summed E-state index contributed by atoms with van der Waals surface area (Å²) in [7, 11) is 0. The van der Waals surface area contributed by atoms with Gasteiger partial charge in [0, 0.05) is 12.8 Å². The monoisotopic (exact) mass is 518 g/mol. The van der Waals surface area contributed by atoms with Gasteiger partial charge in [0.15, 0.2) is 0 Å². The van der Waals surface area contributed by atoms with Gasteiger partial charge in [0.05, 0.1) is 0 Å². The second kappa shape index (κ2) is 11.5. The topological polar surface area (TPSA) is 26.3 Å². The highest BCUT2D eigenvalue weighted by Crippen LogP contribution is 2.67. The normalized spacial score (nSPS) is 37.1. The van der Waals surface area contributed by atoms with Crippen LogP contribution < -0.4 is 0 Å². The second-order valence-electron chi connectivity index (χ2n) is 14.6. The average Bonchev–Trinajstić information content (AvgIpc) is 3.25. The minimum absolute atomic E-state index is 0.0234. The molecule has 4 aliphatic rings. The Morgan fingerprint density at radius 3 is 2.53 bits per heavy atom. The Bertz CT molecular complexity index is 978. The van der Waals surface area contributed by atoms with E-state index in [0.29, 0.717) is 17.3 Å². The summed E-state index contributed by atoms with van der Waals surface area (Å²) >= 11 is 0. The summed E-state index contributed by atoms with van der Waals surface area (Å²) in [6.07, 6.45) is 18.4. The molecule has 3 fully saturated rings. The van der Waals surface area contributed by atoms with Crippen molar-refractivity contribution in [2.24, 2.45) is 46.3 Å². The zero-order valence-corrected chi connectivity index (χ0v) is 25.0. The quantitative estimate of drug-likeness (QED) is 0.240. The van der Waals surface area contributed by atoms with Crippen molar-refractivity contribution in [3.63, 3.8) is 0 Å². The molecular formula is C36H54O2. The van der Waals surface area contributed by atoms with Gasteiger partial charge in [-0.2, -0.15) is 0 Å². The fourth-order valence-electron chi connectivity index (χ4n) is 9.89. The molecular weight excluding hydrogens is 464 g/mol. The number of hydrogen-bond donors (Lipinski definition) is 0. The van der Waals surface area contributed by atoms with Crippen molar-refractivity contribution in [2.75, 3.05) is 0 Å². The number of carbonyl (C=O) groups excluding carboxylic acids is 1. The molecule has 0 bridgehead atoms. The molecule has 1 unspecified atom stereocenters. The van der Waals surface area contributed by atoms with E-state index in [-0.39, 0.29) is 12.1 Å². The molecule has 0 amide bonds. The third kappa shape index (κ3) is 5.53. The predicted octanol–water partition coefficient (Wildman–Crippen LogP) is 9.57. The molecule has 3 saturated carbocycles. The van der Waals surface area contributed by atoms with Crippen LogP contribution in [0.1, 0.15) is 117 Å². The lowest BCUT2D eigenvalue weighted by Crippen LogP contribution is -2.51. The second-order valence-corrected chi connectivity index (χ2v) is 14.6. The summed E-state index contributed by atoms with van der Waals surface area (Å²) in [4.78, 5) is 12.7. The van der Waals surface area contributed by atoms with Gasteiger partial charge in [0.25, 0.3) is 0 Å². The van der Waals surface area contributed by atoms with Crippen molar-refractivity contribution in [3.8, 4) is 0 Å². The van der Waals surface area contributed by atoms with E-state index in [1.807, 2.05) is 18.2 Å². The largest absolute Gasteiger partial charge is 0.462 e. The Morgan fingerprint density at radius 1 is 0.974 bits per heavy atom. The van der Waals surface area contributed by atoms with E-state index in [1.54, 1.807) is 5.57 Å². The van der Waals surface area contributed by atoms with E-state index in [4.69, 9.17) is 4.74 Å². The lowest BCUT2D eigenvalue weighted by molar-refractivity contribution is -0.151. The highest BCUT2D eigenvalue weighted by atomic mass is 16.5. The SMILES string of the molecule is CC(C)CCC[C@@H](C)[C@H]1CC[C@H]2[C@@H]3CC=C4CC(OC(=O)CCc5ccccc5)CC[C@]4(C)[C@H]3CC[C@]12C. The Labute approximate surface area is 233 Å². The lowest BCUT2D eigenvalue weighted by atomic mass is 9.47. The highest BCUT2D eigenvalue weighted by molar-refractivity contribution is 5.70. The number of rotatable bonds is 9. The van der Waals surface area contributed by atoms with Gasteiger partial charge in [-0.05, 0) is 103 Å². The number of benzene rings is 1. The number of allylic oxidation sites excluding steroid dienone is 1. The van der Waals surface area contributed by atoms with Crippen LogP contribution in [-0.2, 0) is 16.0 Å². The first kappa shape index (κ1) is 28.0. The molecule has 210 valence electrons. The zero-order chi connectivity index (χ0) is 26.9. The molecule has 1 aromatic carbocycles. The minimum Gasteiger partial charge on any atom is -0.462 e. The number of ether oxygens (including phenoxy) is 1. The summed E-state index contributed by atoms with van der Waals surface area (Å²) in [6.45, 7) is 12.6. The average molecular weight is 519 g/mol. The van der Waals surface area contributed by atoms with Crippen LogP contribution in [0.3, 0.4) is 0 Å². The first-order valence-electron chi connectivity index (χ1n) is 16.1. The summed E-state index contributed by atoms with van der Waals surface area (Å²) in [6, 6.07) is 10.3. The highest BCUT2D eigenvalue weighted by Gasteiger charge is 2.59. The Morgan fingerprint density at radius 2 is 1.76 bits per heavy atom. The lowest BCUT2D eigenvalue weighted by Gasteiger charge is -2.58. The first-order chi connectivity index (χ1) is 18.2. The van der Waals surface area contributed by atoms with Crippen LogP contribution in [0.15, 0.2) is 42.0 Å². The molecule has 4 aliphatic carbocycles. The summed E-state index contributed by atoms with van der Waals surface area (Å²) in [5.41, 5.74) is 3.69. The zero-order valence-electron chi connectivity index (χ0n) is 25.0. The molecule has 8 atom stereocenters. The van der Waals surface area contributed by atoms with E-state index in [0.717, 1.165) is 54.8 Å². The van der Waals surface area contributed by atoms with Crippen molar-refractivity contribution < 1.29 is 9.53 Å². The van der Waals surface area contributed by atoms with Crippen LogP contribution in [0, 0.1) is 46.3 Å². The van der Waals surface area contributed by atoms with Gasteiger partial charge < -0.3 is 4.74 Å². The molecule has 1 aromatic rings. The number of fused-ring (bicyclic) bond motifs is 5. The van der Waals surface area contributed by atoms with Crippen molar-refractivity contribution in [1.82, 2.24) is 0 Å². The van der Waals surface area contributed by atoms with E-state index in [1.165, 1.54) is 63.4 Å². The number of aryl methyl sites for hydroxylation is 1. The van der Waals surface area contributed by atoms with Gasteiger partial charge in [-0.15, -0.1) is 0 Å². The summed E-state index contributed by atoms with van der Waals surface area (Å²) < 4.78 is 6.04. The van der Waals surface area contributed by atoms with Crippen molar-refractivity contribution >= 4 is 5.97 Å². The molecule has 0 spiro atoms. The van der Waals surface area contributed by atoms with E-state index >= 15 is 0 Å². The molecule has 0 aromatic heterocycles. The number of esters is 1. The standard InChI is InChI=1S/C36H54O2/c1-25(2)10-9-11-26(3)31-17-18-32-30-16-15-28-24-29(38-34(37)19-14-27-12-7-6-8-13-27)20-22-35(28,4)33(30)21-23-36(31,32)5/h6-8,12-13,15,25-26,29-33H,9-11,14,16-24H2,1-5H3/t26-,29?,30+,31-,32+,33+,35+,36-/m1/s1. The smallest absolute Gasteiger partial charge is 0.306 e. The van der Waals surface area contributed by atoms with Gasteiger partial charge in [-0.3, -0.25) is 4.79 Å². The maximum Gasteiger partial charge on any atom is 0.306 e. The molecule has 38 heavy (non-hydrogen) atoms. The van der Waals surface area contributed by atoms with Crippen molar-refractivity contribution in [3.05, 3.63) is 47.5 Å². The molecule has 0 radical (unpaired) electrons. The van der Waals surface area contributed by atoms with E-state index in [2.05, 4.69) is 52.8 Å².